The van der Waals surface area contributed by atoms with Crippen LogP contribution in [0.15, 0.2) is 36.4 Å². The number of unbranched alkanes of at least 4 members (excludes halogenated alkanes) is 1. The third-order valence-corrected chi connectivity index (χ3v) is 1.42. The van der Waals surface area contributed by atoms with Crippen LogP contribution in [0.2, 0.25) is 0 Å². The van der Waals surface area contributed by atoms with Gasteiger partial charge in [-0.05, 0) is 6.42 Å². The van der Waals surface area contributed by atoms with Crippen molar-refractivity contribution in [1.29, 1.82) is 0 Å². The van der Waals surface area contributed by atoms with Crippen LogP contribution in [0.1, 0.15) is 19.8 Å². The van der Waals surface area contributed by atoms with Crippen molar-refractivity contribution in [3.8, 4) is 0 Å². The van der Waals surface area contributed by atoms with E-state index in [-0.39, 0.29) is 0 Å². The molecule has 1 rings (SSSR count). The van der Waals surface area contributed by atoms with Gasteiger partial charge in [0.25, 0.3) is 0 Å². The van der Waals surface area contributed by atoms with Crippen LogP contribution < -0.4 is 0 Å². The molecule has 0 N–H and O–H groups in total. The third kappa shape index (κ3) is 9.51. The number of alkyl halides is 1. The minimum absolute atomic E-state index is 0.816. The predicted octanol–water partition coefficient (Wildman–Crippen LogP) is 3.71. The van der Waals surface area contributed by atoms with Gasteiger partial charge in [0.2, 0.25) is 0 Å². The van der Waals surface area contributed by atoms with Crippen LogP contribution in [-0.2, 0) is 0 Å². The second kappa shape index (κ2) is 9.51. The molecule has 0 aliphatic carbocycles. The smallest absolute Gasteiger partial charge is 0.0223 e. The van der Waals surface area contributed by atoms with Crippen molar-refractivity contribution in [1.82, 2.24) is 0 Å². The Balaban J connectivity index is 0.000000187. The summed E-state index contributed by atoms with van der Waals surface area (Å²) >= 11 is 5.30. The van der Waals surface area contributed by atoms with Crippen molar-refractivity contribution < 1.29 is 0 Å². The highest BCUT2D eigenvalue weighted by Crippen LogP contribution is 1.86. The van der Waals surface area contributed by atoms with Gasteiger partial charge in [-0.1, -0.05) is 49.7 Å². The van der Waals surface area contributed by atoms with E-state index >= 15 is 0 Å². The molecule has 11 heavy (non-hydrogen) atoms. The van der Waals surface area contributed by atoms with Gasteiger partial charge in [0.1, 0.15) is 0 Å². The largest absolute Gasteiger partial charge is 0.127 e. The van der Waals surface area contributed by atoms with E-state index in [2.05, 4.69) is 6.92 Å². The number of benzene rings is 1. The molecule has 0 radical (unpaired) electrons. The standard InChI is InChI=1S/C6H6.C4H9Cl/c1-2-4-6-5-3-1;1-2-3-4-5/h1-6H;2-4H2,1H3. The van der Waals surface area contributed by atoms with Crippen molar-refractivity contribution in [2.24, 2.45) is 0 Å². The molecule has 1 heteroatoms. The van der Waals surface area contributed by atoms with E-state index in [4.69, 9.17) is 11.6 Å². The van der Waals surface area contributed by atoms with Crippen molar-refractivity contribution in [3.05, 3.63) is 36.4 Å². The number of halogens is 1. The number of hydrogen-bond acceptors (Lipinski definition) is 0. The maximum absolute atomic E-state index is 5.30. The van der Waals surface area contributed by atoms with Crippen LogP contribution in [-0.4, -0.2) is 5.88 Å². The van der Waals surface area contributed by atoms with Gasteiger partial charge in [0.15, 0.2) is 0 Å². The summed E-state index contributed by atoms with van der Waals surface area (Å²) in [5.74, 6) is 0.816. The topological polar surface area (TPSA) is 0 Å². The van der Waals surface area contributed by atoms with E-state index in [9.17, 15) is 0 Å². The zero-order valence-electron chi connectivity index (χ0n) is 6.96. The van der Waals surface area contributed by atoms with Crippen LogP contribution in [0.4, 0.5) is 0 Å². The van der Waals surface area contributed by atoms with Crippen LogP contribution in [0, 0.1) is 0 Å². The summed E-state index contributed by atoms with van der Waals surface area (Å²) in [5, 5.41) is 0. The molecule has 0 aromatic heterocycles. The van der Waals surface area contributed by atoms with E-state index in [0.29, 0.717) is 0 Å². The molecule has 0 saturated heterocycles. The molecule has 1 aromatic carbocycles. The average molecular weight is 171 g/mol. The molecule has 0 atom stereocenters. The molecule has 0 spiro atoms. The zero-order chi connectivity index (χ0) is 8.36. The maximum atomic E-state index is 5.30. The summed E-state index contributed by atoms with van der Waals surface area (Å²) in [6, 6.07) is 12.0. The van der Waals surface area contributed by atoms with Gasteiger partial charge in [-0.15, -0.1) is 11.6 Å². The highest BCUT2D eigenvalue weighted by Gasteiger charge is 1.70. The van der Waals surface area contributed by atoms with Gasteiger partial charge < -0.3 is 0 Å². The van der Waals surface area contributed by atoms with Gasteiger partial charge in [-0.25, -0.2) is 0 Å². The molecule has 0 amide bonds. The van der Waals surface area contributed by atoms with Crippen molar-refractivity contribution in [2.45, 2.75) is 19.8 Å². The molecule has 0 fully saturated rings. The molecule has 0 nitrogen and oxygen atoms in total. The fraction of sp³-hybridized carbons (Fsp3) is 0.400. The Morgan fingerprint density at radius 1 is 0.909 bits per heavy atom. The highest BCUT2D eigenvalue weighted by atomic mass is 35.5. The van der Waals surface area contributed by atoms with E-state index < -0.39 is 0 Å². The minimum Gasteiger partial charge on any atom is -0.127 e. The summed E-state index contributed by atoms with van der Waals surface area (Å²) in [7, 11) is 0. The van der Waals surface area contributed by atoms with Gasteiger partial charge in [-0.2, -0.15) is 0 Å². The average Bonchev–Trinajstić information content (AvgIpc) is 2.10. The van der Waals surface area contributed by atoms with Crippen LogP contribution in [0.5, 0.6) is 0 Å². The minimum atomic E-state index is 0.816. The molecule has 0 heterocycles. The molecular formula is C10H15Cl. The predicted molar refractivity (Wildman–Crippen MR) is 52.1 cm³/mol. The Kier molecular flexibility index (Phi) is 9.09. The Labute approximate surface area is 74.2 Å². The summed E-state index contributed by atoms with van der Waals surface area (Å²) in [6.45, 7) is 2.13. The maximum Gasteiger partial charge on any atom is 0.0223 e. The SMILES string of the molecule is CCCCCl.c1ccccc1. The molecule has 0 unspecified atom stereocenters. The van der Waals surface area contributed by atoms with Gasteiger partial charge in [-0.3, -0.25) is 0 Å². The van der Waals surface area contributed by atoms with E-state index in [0.717, 1.165) is 12.3 Å². The Morgan fingerprint density at radius 2 is 1.27 bits per heavy atom. The first-order chi connectivity index (χ1) is 5.41. The van der Waals surface area contributed by atoms with Crippen LogP contribution in [0.3, 0.4) is 0 Å². The van der Waals surface area contributed by atoms with Crippen LogP contribution in [0.25, 0.3) is 0 Å². The van der Waals surface area contributed by atoms with Gasteiger partial charge in [0.05, 0.1) is 0 Å². The quantitative estimate of drug-likeness (QED) is 0.594. The van der Waals surface area contributed by atoms with Gasteiger partial charge in [0, 0.05) is 5.88 Å². The lowest BCUT2D eigenvalue weighted by Gasteiger charge is -1.77. The molecule has 0 aliphatic rings. The number of rotatable bonds is 2. The lowest BCUT2D eigenvalue weighted by molar-refractivity contribution is 0.892. The normalized spacial score (nSPS) is 8.18. The lowest BCUT2D eigenvalue weighted by atomic mass is 10.4. The van der Waals surface area contributed by atoms with Crippen molar-refractivity contribution in [3.63, 3.8) is 0 Å². The van der Waals surface area contributed by atoms with Crippen molar-refractivity contribution in [2.75, 3.05) is 5.88 Å². The first-order valence-corrected chi connectivity index (χ1v) is 4.51. The fourth-order valence-electron chi connectivity index (χ4n) is 0.519. The monoisotopic (exact) mass is 170 g/mol. The molecule has 0 bridgehead atoms. The fourth-order valence-corrected chi connectivity index (χ4v) is 0.786. The summed E-state index contributed by atoms with van der Waals surface area (Å²) in [5.41, 5.74) is 0. The molecule has 0 aliphatic heterocycles. The zero-order valence-corrected chi connectivity index (χ0v) is 7.72. The third-order valence-electron chi connectivity index (χ3n) is 1.15. The van der Waals surface area contributed by atoms with E-state index in [1.165, 1.54) is 6.42 Å². The first-order valence-electron chi connectivity index (χ1n) is 3.97. The molecule has 62 valence electrons. The molecule has 1 aromatic rings. The Morgan fingerprint density at radius 3 is 1.36 bits per heavy atom. The van der Waals surface area contributed by atoms with Crippen LogP contribution >= 0.6 is 11.6 Å². The molecule has 0 saturated carbocycles. The van der Waals surface area contributed by atoms with E-state index in [1.807, 2.05) is 36.4 Å². The van der Waals surface area contributed by atoms with E-state index in [1.54, 1.807) is 0 Å². The van der Waals surface area contributed by atoms with Gasteiger partial charge >= 0.3 is 0 Å². The summed E-state index contributed by atoms with van der Waals surface area (Å²) in [6.07, 6.45) is 2.37. The second-order valence-electron chi connectivity index (χ2n) is 2.20. The summed E-state index contributed by atoms with van der Waals surface area (Å²) < 4.78 is 0. The first kappa shape index (κ1) is 10.5. The second-order valence-corrected chi connectivity index (χ2v) is 2.58. The summed E-state index contributed by atoms with van der Waals surface area (Å²) in [4.78, 5) is 0. The Bertz CT molecular complexity index is 108. The molecular weight excluding hydrogens is 156 g/mol. The lowest BCUT2D eigenvalue weighted by Crippen LogP contribution is -1.65. The Hall–Kier alpha value is -0.490. The highest BCUT2D eigenvalue weighted by molar-refractivity contribution is 6.17. The number of hydrogen-bond donors (Lipinski definition) is 0. The van der Waals surface area contributed by atoms with Crippen molar-refractivity contribution >= 4 is 11.6 Å².